The average molecular weight is 507 g/mol. The third-order valence-electron chi connectivity index (χ3n) is 8.50. The summed E-state index contributed by atoms with van der Waals surface area (Å²) in [6.45, 7) is 7.49. The SMILES string of the molecule is CC1CN(c2nc(Cc3ccc(F)cc3)ns2)CCN1S(=O)(=O)CC12CCC(CC1=O)C2(C)C. The number of fused-ring (bicyclic) bond motifs is 2. The zero-order valence-electron chi connectivity index (χ0n) is 19.8. The second kappa shape index (κ2) is 8.34. The van der Waals surface area contributed by atoms with Crippen LogP contribution in [0.4, 0.5) is 9.52 Å². The molecule has 1 aromatic carbocycles. The van der Waals surface area contributed by atoms with E-state index < -0.39 is 15.4 Å². The van der Waals surface area contributed by atoms with Crippen LogP contribution in [0, 0.1) is 22.6 Å². The Morgan fingerprint density at radius 2 is 1.94 bits per heavy atom. The van der Waals surface area contributed by atoms with E-state index >= 15 is 0 Å². The van der Waals surface area contributed by atoms with Crippen LogP contribution in [0.3, 0.4) is 0 Å². The van der Waals surface area contributed by atoms with E-state index in [1.807, 2.05) is 6.92 Å². The predicted molar refractivity (Wildman–Crippen MR) is 130 cm³/mol. The number of aromatic nitrogens is 2. The number of hydrogen-bond donors (Lipinski definition) is 0. The molecule has 0 radical (unpaired) electrons. The number of benzene rings is 1. The molecular formula is C24H31FN4O3S2. The lowest BCUT2D eigenvalue weighted by molar-refractivity contribution is -0.128. The lowest BCUT2D eigenvalue weighted by atomic mass is 9.70. The first-order chi connectivity index (χ1) is 16.0. The van der Waals surface area contributed by atoms with Gasteiger partial charge in [0.15, 0.2) is 0 Å². The van der Waals surface area contributed by atoms with Crippen molar-refractivity contribution in [3.8, 4) is 0 Å². The van der Waals surface area contributed by atoms with Gasteiger partial charge in [-0.3, -0.25) is 4.79 Å². The molecule has 0 spiro atoms. The molecule has 1 aliphatic heterocycles. The number of halogens is 1. The molecule has 7 nitrogen and oxygen atoms in total. The normalized spacial score (nSPS) is 29.2. The predicted octanol–water partition coefficient (Wildman–Crippen LogP) is 3.50. The summed E-state index contributed by atoms with van der Waals surface area (Å²) in [5.74, 6) is 0.752. The summed E-state index contributed by atoms with van der Waals surface area (Å²) in [6, 6.07) is 6.08. The van der Waals surface area contributed by atoms with Gasteiger partial charge in [0.2, 0.25) is 15.2 Å². The van der Waals surface area contributed by atoms with Crippen molar-refractivity contribution in [3.63, 3.8) is 0 Å². The highest BCUT2D eigenvalue weighted by Gasteiger charge is 2.65. The van der Waals surface area contributed by atoms with Gasteiger partial charge < -0.3 is 4.90 Å². The van der Waals surface area contributed by atoms with Gasteiger partial charge in [-0.2, -0.15) is 8.68 Å². The second-order valence-electron chi connectivity index (χ2n) is 10.6. The van der Waals surface area contributed by atoms with E-state index in [4.69, 9.17) is 0 Å². The van der Waals surface area contributed by atoms with Crippen molar-refractivity contribution >= 4 is 32.5 Å². The number of sulfonamides is 1. The summed E-state index contributed by atoms with van der Waals surface area (Å²) in [4.78, 5) is 19.6. The minimum Gasteiger partial charge on any atom is -0.344 e. The number of ketones is 1. The monoisotopic (exact) mass is 506 g/mol. The Labute approximate surface area is 204 Å². The smallest absolute Gasteiger partial charge is 0.215 e. The molecule has 2 bridgehead atoms. The van der Waals surface area contributed by atoms with Crippen molar-refractivity contribution in [1.29, 1.82) is 0 Å². The molecular weight excluding hydrogens is 475 g/mol. The van der Waals surface area contributed by atoms with Crippen LogP contribution in [0.1, 0.15) is 51.4 Å². The number of rotatable bonds is 6. The van der Waals surface area contributed by atoms with Crippen molar-refractivity contribution in [2.75, 3.05) is 30.3 Å². The molecule has 3 unspecified atom stereocenters. The molecule has 0 N–H and O–H groups in total. The first-order valence-corrected chi connectivity index (χ1v) is 14.2. The van der Waals surface area contributed by atoms with Crippen LogP contribution >= 0.6 is 11.5 Å². The van der Waals surface area contributed by atoms with Crippen LogP contribution in [-0.2, 0) is 21.2 Å². The molecule has 10 heteroatoms. The third kappa shape index (κ3) is 3.87. The minimum absolute atomic E-state index is 0.0761. The van der Waals surface area contributed by atoms with Crippen molar-refractivity contribution in [2.45, 2.75) is 52.5 Å². The van der Waals surface area contributed by atoms with Gasteiger partial charge in [0.1, 0.15) is 17.4 Å². The fraction of sp³-hybridized carbons (Fsp3) is 0.625. The number of nitrogens with zero attached hydrogens (tertiary/aromatic N) is 4. The maximum absolute atomic E-state index is 13.5. The number of carbonyl (C=O) groups is 1. The van der Waals surface area contributed by atoms with Crippen LogP contribution < -0.4 is 4.90 Å². The molecule has 2 heterocycles. The maximum atomic E-state index is 13.5. The fourth-order valence-electron chi connectivity index (χ4n) is 6.26. The first-order valence-electron chi connectivity index (χ1n) is 11.9. The Balaban J connectivity index is 1.26. The summed E-state index contributed by atoms with van der Waals surface area (Å²) in [5, 5.41) is 0.769. The fourth-order valence-corrected chi connectivity index (χ4v) is 9.42. The van der Waals surface area contributed by atoms with E-state index in [-0.39, 0.29) is 28.8 Å². The van der Waals surface area contributed by atoms with E-state index in [9.17, 15) is 17.6 Å². The van der Waals surface area contributed by atoms with E-state index in [0.717, 1.165) is 17.1 Å². The Hall–Kier alpha value is -1.91. The van der Waals surface area contributed by atoms with Gasteiger partial charge in [-0.15, -0.1) is 0 Å². The van der Waals surface area contributed by atoms with Crippen molar-refractivity contribution in [1.82, 2.24) is 13.7 Å². The molecule has 3 fully saturated rings. The van der Waals surface area contributed by atoms with Gasteiger partial charge >= 0.3 is 0 Å². The largest absolute Gasteiger partial charge is 0.344 e. The van der Waals surface area contributed by atoms with Gasteiger partial charge in [0.25, 0.3) is 0 Å². The highest BCUT2D eigenvalue weighted by molar-refractivity contribution is 7.89. The quantitative estimate of drug-likeness (QED) is 0.596. The standard InChI is InChI=1S/C24H31FN4O3S2/c1-16-14-28(22-26-21(27-33-22)12-17-4-6-19(25)7-5-17)10-11-29(16)34(31,32)15-24-9-8-18(13-20(24)30)23(24,2)3/h4-7,16,18H,8-15H2,1-3H3. The van der Waals surface area contributed by atoms with E-state index in [0.29, 0.717) is 50.6 Å². The minimum atomic E-state index is -3.59. The summed E-state index contributed by atoms with van der Waals surface area (Å²) in [6.07, 6.45) is 2.66. The Bertz CT molecular complexity index is 1200. The number of Topliss-reactive ketones (excluding diaryl/α,β-unsaturated/α-hetero) is 1. The Morgan fingerprint density at radius 3 is 2.56 bits per heavy atom. The zero-order valence-corrected chi connectivity index (χ0v) is 21.5. The lowest BCUT2D eigenvalue weighted by Crippen LogP contribution is -2.56. The number of piperazine rings is 1. The molecule has 1 saturated heterocycles. The molecule has 1 aromatic heterocycles. The Kier molecular flexibility index (Phi) is 5.84. The molecule has 2 saturated carbocycles. The van der Waals surface area contributed by atoms with Crippen LogP contribution in [0.5, 0.6) is 0 Å². The average Bonchev–Trinajstić information content (AvgIpc) is 3.38. The van der Waals surface area contributed by atoms with Gasteiger partial charge in [0.05, 0.1) is 5.75 Å². The number of hydrogen-bond acceptors (Lipinski definition) is 7. The molecule has 2 aliphatic carbocycles. The molecule has 34 heavy (non-hydrogen) atoms. The van der Waals surface area contributed by atoms with Gasteiger partial charge in [-0.1, -0.05) is 26.0 Å². The maximum Gasteiger partial charge on any atom is 0.215 e. The molecule has 184 valence electrons. The Morgan fingerprint density at radius 1 is 1.21 bits per heavy atom. The summed E-state index contributed by atoms with van der Waals surface area (Å²) in [5.41, 5.74) is -0.0784. The molecule has 3 aliphatic rings. The first kappa shape index (κ1) is 23.8. The summed E-state index contributed by atoms with van der Waals surface area (Å²) in [7, 11) is -3.59. The van der Waals surface area contributed by atoms with Crippen LogP contribution in [0.15, 0.2) is 24.3 Å². The second-order valence-corrected chi connectivity index (χ2v) is 13.3. The number of anilines is 1. The lowest BCUT2D eigenvalue weighted by Gasteiger charge is -2.42. The third-order valence-corrected chi connectivity index (χ3v) is 11.4. The highest BCUT2D eigenvalue weighted by Crippen LogP contribution is 2.64. The molecule has 3 atom stereocenters. The summed E-state index contributed by atoms with van der Waals surface area (Å²) < 4.78 is 46.3. The van der Waals surface area contributed by atoms with Crippen molar-refractivity contribution in [2.24, 2.45) is 16.7 Å². The van der Waals surface area contributed by atoms with E-state index in [1.54, 1.807) is 16.4 Å². The zero-order chi connectivity index (χ0) is 24.3. The van der Waals surface area contributed by atoms with Crippen LogP contribution in [0.25, 0.3) is 0 Å². The van der Waals surface area contributed by atoms with E-state index in [2.05, 4.69) is 28.1 Å². The van der Waals surface area contributed by atoms with E-state index in [1.165, 1.54) is 23.7 Å². The van der Waals surface area contributed by atoms with Crippen LogP contribution in [0.2, 0.25) is 0 Å². The van der Waals surface area contributed by atoms with Gasteiger partial charge in [-0.25, -0.2) is 17.8 Å². The van der Waals surface area contributed by atoms with Crippen LogP contribution in [-0.4, -0.2) is 59.3 Å². The molecule has 0 amide bonds. The summed E-state index contributed by atoms with van der Waals surface area (Å²) >= 11 is 1.30. The van der Waals surface area contributed by atoms with Gasteiger partial charge in [0, 0.05) is 55.5 Å². The van der Waals surface area contributed by atoms with Crippen molar-refractivity contribution in [3.05, 3.63) is 41.5 Å². The molecule has 5 rings (SSSR count). The highest BCUT2D eigenvalue weighted by atomic mass is 32.2. The van der Waals surface area contributed by atoms with Crippen molar-refractivity contribution < 1.29 is 17.6 Å². The topological polar surface area (TPSA) is 83.5 Å². The number of carbonyl (C=O) groups excluding carboxylic acids is 1. The molecule has 2 aromatic rings. The van der Waals surface area contributed by atoms with Gasteiger partial charge in [-0.05, 0) is 48.8 Å².